The van der Waals surface area contributed by atoms with Gasteiger partial charge in [0.2, 0.25) is 0 Å². The van der Waals surface area contributed by atoms with Gasteiger partial charge in [-0.25, -0.2) is 9.59 Å². The van der Waals surface area contributed by atoms with E-state index < -0.39 is 25.2 Å². The van der Waals surface area contributed by atoms with E-state index in [0.717, 1.165) is 0 Å². The Morgan fingerprint density at radius 3 is 1.60 bits per heavy atom. The fourth-order valence-corrected chi connectivity index (χ4v) is 0.226. The predicted octanol–water partition coefficient (Wildman–Crippen LogP) is -0.830. The van der Waals surface area contributed by atoms with Gasteiger partial charge < -0.3 is 14.9 Å². The average Bonchev–Trinajstić information content (AvgIpc) is 1.63. The van der Waals surface area contributed by atoms with E-state index in [2.05, 4.69) is 4.74 Å². The minimum atomic E-state index is -1.17. The molecule has 0 aliphatic carbocycles. The third-order valence-electron chi connectivity index (χ3n) is 0.451. The summed E-state index contributed by atoms with van der Waals surface area (Å²) in [6, 6.07) is 0. The van der Waals surface area contributed by atoms with Crippen molar-refractivity contribution < 1.29 is 50.7 Å². The molecule has 0 bridgehead atoms. The average molecular weight is 225 g/mol. The second kappa shape index (κ2) is 6.90. The summed E-state index contributed by atoms with van der Waals surface area (Å²) in [5, 5.41) is 15.8. The molecule has 0 aliphatic rings. The Morgan fingerprint density at radius 1 is 1.10 bits per heavy atom. The number of ether oxygens (including phenoxy) is 1. The van der Waals surface area contributed by atoms with Gasteiger partial charge in [0.25, 0.3) is 0 Å². The van der Waals surface area contributed by atoms with Gasteiger partial charge in [0.15, 0.2) is 0 Å². The van der Waals surface area contributed by atoms with Gasteiger partial charge in [-0.3, -0.25) is 0 Å². The maximum absolute atomic E-state index is 9.66. The van der Waals surface area contributed by atoms with Crippen molar-refractivity contribution in [2.24, 2.45) is 0 Å². The fraction of sp³-hybridized carbons (Fsp3) is 0.500. The van der Waals surface area contributed by atoms with Crippen LogP contribution in [0, 0.1) is 0 Å². The first-order valence-corrected chi connectivity index (χ1v) is 2.14. The molecule has 0 spiro atoms. The smallest absolute Gasteiger partial charge is 0.329 e. The van der Waals surface area contributed by atoms with E-state index in [1.165, 1.54) is 0 Å². The minimum absolute atomic E-state index is 0. The van der Waals surface area contributed by atoms with Gasteiger partial charge in [0.05, 0.1) is 0 Å². The second-order valence-electron chi connectivity index (χ2n) is 1.28. The van der Waals surface area contributed by atoms with E-state index in [1.807, 2.05) is 0 Å². The Morgan fingerprint density at radius 2 is 1.40 bits per heavy atom. The maximum atomic E-state index is 9.66. The van der Waals surface area contributed by atoms with Crippen LogP contribution in [0.25, 0.3) is 0 Å². The molecule has 0 unspecified atom stereocenters. The van der Waals surface area contributed by atoms with E-state index in [4.69, 9.17) is 10.2 Å². The number of aliphatic carboxylic acids is 2. The molecular weight excluding hydrogens is 219 g/mol. The Balaban J connectivity index is 0. The van der Waals surface area contributed by atoms with Crippen molar-refractivity contribution in [1.29, 1.82) is 0 Å². The molecule has 10 heavy (non-hydrogen) atoms. The topological polar surface area (TPSA) is 83.8 Å². The third-order valence-corrected chi connectivity index (χ3v) is 0.451. The molecule has 0 aromatic rings. The van der Waals surface area contributed by atoms with Crippen molar-refractivity contribution in [3.63, 3.8) is 0 Å². The molecule has 0 aromatic carbocycles. The Labute approximate surface area is 76.1 Å². The van der Waals surface area contributed by atoms with E-state index in [9.17, 15) is 9.59 Å². The molecule has 0 amide bonds. The van der Waals surface area contributed by atoms with Gasteiger partial charge in [-0.05, 0) is 0 Å². The SMILES string of the molecule is O=C(O)COCC(=O)O.[Zr]. The first kappa shape index (κ1) is 12.5. The summed E-state index contributed by atoms with van der Waals surface area (Å²) in [4.78, 5) is 19.3. The molecule has 2 N–H and O–H groups in total. The van der Waals surface area contributed by atoms with Crippen LogP contribution >= 0.6 is 0 Å². The molecule has 0 rings (SSSR count). The summed E-state index contributed by atoms with van der Waals surface area (Å²) >= 11 is 0. The van der Waals surface area contributed by atoms with Crippen LogP contribution in [0.2, 0.25) is 0 Å². The van der Waals surface area contributed by atoms with E-state index in [0.29, 0.717) is 0 Å². The van der Waals surface area contributed by atoms with Crippen molar-refractivity contribution in [2.75, 3.05) is 13.2 Å². The Kier molecular flexibility index (Phi) is 8.59. The maximum Gasteiger partial charge on any atom is 0.329 e. The number of hydrogen-bond donors (Lipinski definition) is 2. The molecule has 6 heteroatoms. The van der Waals surface area contributed by atoms with Crippen molar-refractivity contribution in [2.45, 2.75) is 0 Å². The number of carboxylic acids is 2. The molecule has 0 saturated heterocycles. The Hall–Kier alpha value is -0.217. The van der Waals surface area contributed by atoms with E-state index >= 15 is 0 Å². The van der Waals surface area contributed by atoms with Crippen LogP contribution in [0.1, 0.15) is 0 Å². The summed E-state index contributed by atoms with van der Waals surface area (Å²) < 4.78 is 4.16. The first-order chi connectivity index (χ1) is 4.13. The zero-order valence-corrected chi connectivity index (χ0v) is 7.49. The Bertz CT molecular complexity index is 109. The standard InChI is InChI=1S/C4H6O5.Zr/c5-3(6)1-9-2-4(7)8;/h1-2H2,(H,5,6)(H,7,8);. The van der Waals surface area contributed by atoms with Crippen LogP contribution in [0.4, 0.5) is 0 Å². The van der Waals surface area contributed by atoms with Crippen LogP contribution in [-0.2, 0) is 40.5 Å². The summed E-state index contributed by atoms with van der Waals surface area (Å²) in [7, 11) is 0. The second-order valence-corrected chi connectivity index (χ2v) is 1.28. The quantitative estimate of drug-likeness (QED) is 0.652. The number of hydrogen-bond acceptors (Lipinski definition) is 3. The van der Waals surface area contributed by atoms with Gasteiger partial charge in [-0.15, -0.1) is 0 Å². The molecule has 0 saturated carbocycles. The van der Waals surface area contributed by atoms with Gasteiger partial charge in [0, 0.05) is 26.2 Å². The molecular formula is C4H6O5Zr. The first-order valence-electron chi connectivity index (χ1n) is 2.14. The summed E-state index contributed by atoms with van der Waals surface area (Å²) in [6.45, 7) is -1.13. The summed E-state index contributed by atoms with van der Waals surface area (Å²) in [6.07, 6.45) is 0. The fourth-order valence-electron chi connectivity index (χ4n) is 0.226. The molecule has 0 aliphatic heterocycles. The predicted molar refractivity (Wildman–Crippen MR) is 26.1 cm³/mol. The largest absolute Gasteiger partial charge is 0.480 e. The van der Waals surface area contributed by atoms with Crippen molar-refractivity contribution in [3.05, 3.63) is 0 Å². The van der Waals surface area contributed by atoms with Crippen molar-refractivity contribution in [3.8, 4) is 0 Å². The molecule has 0 radical (unpaired) electrons. The number of carbonyl (C=O) groups is 2. The van der Waals surface area contributed by atoms with Crippen molar-refractivity contribution in [1.82, 2.24) is 0 Å². The van der Waals surface area contributed by atoms with Gasteiger partial charge in [0.1, 0.15) is 13.2 Å². The zero-order chi connectivity index (χ0) is 7.28. The van der Waals surface area contributed by atoms with Crippen LogP contribution in [0.15, 0.2) is 0 Å². The zero-order valence-electron chi connectivity index (χ0n) is 5.03. The van der Waals surface area contributed by atoms with Crippen LogP contribution in [0.5, 0.6) is 0 Å². The molecule has 0 fully saturated rings. The molecule has 5 nitrogen and oxygen atoms in total. The number of rotatable bonds is 4. The van der Waals surface area contributed by atoms with Gasteiger partial charge in [-0.2, -0.15) is 0 Å². The van der Waals surface area contributed by atoms with Gasteiger partial charge >= 0.3 is 11.9 Å². The molecule has 0 heterocycles. The molecule has 0 atom stereocenters. The normalized spacial score (nSPS) is 8.00. The van der Waals surface area contributed by atoms with Crippen LogP contribution in [0.3, 0.4) is 0 Å². The van der Waals surface area contributed by atoms with Crippen LogP contribution in [-0.4, -0.2) is 35.4 Å². The summed E-state index contributed by atoms with van der Waals surface area (Å²) in [5.41, 5.74) is 0. The summed E-state index contributed by atoms with van der Waals surface area (Å²) in [5.74, 6) is -2.34. The molecule has 0 aromatic heterocycles. The third kappa shape index (κ3) is 10.7. The number of carboxylic acid groups (broad SMARTS) is 2. The molecule has 56 valence electrons. The monoisotopic (exact) mass is 224 g/mol. The van der Waals surface area contributed by atoms with Crippen molar-refractivity contribution >= 4 is 11.9 Å². The van der Waals surface area contributed by atoms with Gasteiger partial charge in [-0.1, -0.05) is 0 Å². The van der Waals surface area contributed by atoms with E-state index in [1.54, 1.807) is 0 Å². The van der Waals surface area contributed by atoms with E-state index in [-0.39, 0.29) is 26.2 Å². The minimum Gasteiger partial charge on any atom is -0.480 e. The van der Waals surface area contributed by atoms with Crippen LogP contribution < -0.4 is 0 Å².